The van der Waals surface area contributed by atoms with E-state index >= 15 is 0 Å². The van der Waals surface area contributed by atoms with E-state index in [2.05, 4.69) is 54.1 Å². The third-order valence-electron chi connectivity index (χ3n) is 3.82. The summed E-state index contributed by atoms with van der Waals surface area (Å²) in [5, 5.41) is 6.79. The fourth-order valence-electron chi connectivity index (χ4n) is 2.33. The molecule has 0 radical (unpaired) electrons. The van der Waals surface area contributed by atoms with Gasteiger partial charge >= 0.3 is 0 Å². The topological polar surface area (TPSA) is 55.9 Å². The SMILES string of the molecule is CCC(C)n1ccc(CC(NN)c2cc3sccc3s2)n1. The van der Waals surface area contributed by atoms with Crippen LogP contribution in [0.5, 0.6) is 0 Å². The second kappa shape index (κ2) is 6.27. The van der Waals surface area contributed by atoms with Crippen molar-refractivity contribution in [2.24, 2.45) is 5.84 Å². The van der Waals surface area contributed by atoms with Crippen LogP contribution >= 0.6 is 22.7 Å². The molecular weight excluding hydrogens is 300 g/mol. The van der Waals surface area contributed by atoms with Gasteiger partial charge in [-0.3, -0.25) is 16.0 Å². The Bertz CT molecular complexity index is 683. The summed E-state index contributed by atoms with van der Waals surface area (Å²) in [4.78, 5) is 1.28. The highest BCUT2D eigenvalue weighted by atomic mass is 32.1. The maximum absolute atomic E-state index is 5.76. The molecule has 0 fully saturated rings. The largest absolute Gasteiger partial charge is 0.271 e. The lowest BCUT2D eigenvalue weighted by molar-refractivity contribution is 0.467. The van der Waals surface area contributed by atoms with Crippen LogP contribution < -0.4 is 11.3 Å². The molecule has 3 aromatic rings. The highest BCUT2D eigenvalue weighted by molar-refractivity contribution is 7.26. The molecule has 0 bridgehead atoms. The molecule has 21 heavy (non-hydrogen) atoms. The van der Waals surface area contributed by atoms with E-state index in [1.54, 1.807) is 22.7 Å². The van der Waals surface area contributed by atoms with Crippen molar-refractivity contribution in [2.75, 3.05) is 0 Å². The monoisotopic (exact) mass is 320 g/mol. The zero-order valence-corrected chi connectivity index (χ0v) is 13.9. The molecule has 0 saturated heterocycles. The average Bonchev–Trinajstić information content (AvgIpc) is 3.18. The van der Waals surface area contributed by atoms with Gasteiger partial charge in [0, 0.05) is 32.9 Å². The standard InChI is InChI=1S/C15H20N4S2/c1-3-10(2)19-6-4-11(18-19)8-12(17-16)14-9-15-13(21-14)5-7-20-15/h4-7,9-10,12,17H,3,8,16H2,1-2H3. The number of fused-ring (bicyclic) bond motifs is 1. The third kappa shape index (κ3) is 3.03. The van der Waals surface area contributed by atoms with Crippen molar-refractivity contribution >= 4 is 32.1 Å². The Morgan fingerprint density at radius 3 is 2.95 bits per heavy atom. The van der Waals surface area contributed by atoms with Crippen LogP contribution in [0.1, 0.15) is 42.9 Å². The Morgan fingerprint density at radius 2 is 2.24 bits per heavy atom. The summed E-state index contributed by atoms with van der Waals surface area (Å²) in [6.07, 6.45) is 3.96. The number of hydrogen-bond acceptors (Lipinski definition) is 5. The third-order valence-corrected chi connectivity index (χ3v) is 6.03. The number of hydrazine groups is 1. The van der Waals surface area contributed by atoms with Gasteiger partial charge in [-0.15, -0.1) is 22.7 Å². The maximum Gasteiger partial charge on any atom is 0.0644 e. The molecule has 0 aliphatic rings. The Labute approximate surface area is 132 Å². The predicted molar refractivity (Wildman–Crippen MR) is 90.7 cm³/mol. The first-order valence-corrected chi connectivity index (χ1v) is 8.88. The molecule has 2 atom stereocenters. The molecular formula is C15H20N4S2. The van der Waals surface area contributed by atoms with Crippen LogP contribution in [0.2, 0.25) is 0 Å². The zero-order valence-electron chi connectivity index (χ0n) is 12.2. The molecule has 0 aliphatic carbocycles. The van der Waals surface area contributed by atoms with Crippen molar-refractivity contribution in [3.8, 4) is 0 Å². The van der Waals surface area contributed by atoms with Crippen molar-refractivity contribution in [2.45, 2.75) is 38.8 Å². The first-order chi connectivity index (χ1) is 10.2. The lowest BCUT2D eigenvalue weighted by Crippen LogP contribution is -2.29. The van der Waals surface area contributed by atoms with E-state index in [-0.39, 0.29) is 6.04 Å². The van der Waals surface area contributed by atoms with E-state index in [0.717, 1.165) is 18.5 Å². The van der Waals surface area contributed by atoms with Gasteiger partial charge in [-0.25, -0.2) is 0 Å². The van der Waals surface area contributed by atoms with Gasteiger partial charge in [-0.1, -0.05) is 6.92 Å². The number of hydrogen-bond donors (Lipinski definition) is 2. The van der Waals surface area contributed by atoms with E-state index in [4.69, 9.17) is 5.84 Å². The molecule has 0 aliphatic heterocycles. The molecule has 0 spiro atoms. The van der Waals surface area contributed by atoms with Gasteiger partial charge in [-0.2, -0.15) is 5.10 Å². The first-order valence-electron chi connectivity index (χ1n) is 7.18. The highest BCUT2D eigenvalue weighted by Gasteiger charge is 2.16. The Balaban J connectivity index is 1.77. The molecule has 3 heterocycles. The van der Waals surface area contributed by atoms with E-state index in [0.29, 0.717) is 6.04 Å². The summed E-state index contributed by atoms with van der Waals surface area (Å²) in [5.41, 5.74) is 4.01. The van der Waals surface area contributed by atoms with Crippen LogP contribution in [-0.2, 0) is 6.42 Å². The minimum absolute atomic E-state index is 0.120. The fraction of sp³-hybridized carbons (Fsp3) is 0.400. The molecule has 2 unspecified atom stereocenters. The van der Waals surface area contributed by atoms with E-state index < -0.39 is 0 Å². The molecule has 3 rings (SSSR count). The zero-order chi connectivity index (χ0) is 14.8. The van der Waals surface area contributed by atoms with Crippen LogP contribution in [-0.4, -0.2) is 9.78 Å². The van der Waals surface area contributed by atoms with Crippen molar-refractivity contribution in [3.05, 3.63) is 40.3 Å². The maximum atomic E-state index is 5.76. The van der Waals surface area contributed by atoms with E-state index in [1.807, 2.05) is 4.68 Å². The van der Waals surface area contributed by atoms with Crippen LogP contribution in [0.3, 0.4) is 0 Å². The van der Waals surface area contributed by atoms with Gasteiger partial charge in [-0.05, 0) is 36.9 Å². The lowest BCUT2D eigenvalue weighted by atomic mass is 10.1. The normalized spacial score (nSPS) is 14.6. The smallest absolute Gasteiger partial charge is 0.0644 e. The number of nitrogens with two attached hydrogens (primary N) is 1. The Morgan fingerprint density at radius 1 is 1.38 bits per heavy atom. The minimum atomic E-state index is 0.120. The minimum Gasteiger partial charge on any atom is -0.271 e. The molecule has 3 N–H and O–H groups in total. The number of aromatic nitrogens is 2. The summed E-state index contributed by atoms with van der Waals surface area (Å²) in [7, 11) is 0. The van der Waals surface area contributed by atoms with Crippen LogP contribution in [0, 0.1) is 0 Å². The van der Waals surface area contributed by atoms with E-state index in [9.17, 15) is 0 Å². The number of thiophene rings is 2. The van der Waals surface area contributed by atoms with Gasteiger partial charge in [0.25, 0.3) is 0 Å². The van der Waals surface area contributed by atoms with Crippen molar-refractivity contribution in [1.29, 1.82) is 0 Å². The summed E-state index contributed by atoms with van der Waals surface area (Å²) in [5.74, 6) is 5.76. The van der Waals surface area contributed by atoms with Crippen molar-refractivity contribution in [3.63, 3.8) is 0 Å². The second-order valence-electron chi connectivity index (χ2n) is 5.27. The lowest BCUT2D eigenvalue weighted by Gasteiger charge is -2.13. The summed E-state index contributed by atoms with van der Waals surface area (Å²) in [6, 6.07) is 7.05. The molecule has 0 aromatic carbocycles. The van der Waals surface area contributed by atoms with Crippen LogP contribution in [0.25, 0.3) is 9.40 Å². The molecule has 6 heteroatoms. The number of rotatable bonds is 6. The van der Waals surface area contributed by atoms with Crippen LogP contribution in [0.4, 0.5) is 0 Å². The molecule has 0 saturated carbocycles. The second-order valence-corrected chi connectivity index (χ2v) is 7.33. The quantitative estimate of drug-likeness (QED) is 0.535. The summed E-state index contributed by atoms with van der Waals surface area (Å²) < 4.78 is 4.70. The molecule has 0 amide bonds. The molecule has 3 aromatic heterocycles. The fourth-order valence-corrected chi connectivity index (χ4v) is 4.51. The van der Waals surface area contributed by atoms with Crippen molar-refractivity contribution < 1.29 is 0 Å². The van der Waals surface area contributed by atoms with Crippen molar-refractivity contribution in [1.82, 2.24) is 15.2 Å². The Hall–Kier alpha value is -1.21. The van der Waals surface area contributed by atoms with Gasteiger partial charge in [0.2, 0.25) is 0 Å². The van der Waals surface area contributed by atoms with Gasteiger partial charge < -0.3 is 0 Å². The molecule has 4 nitrogen and oxygen atoms in total. The number of nitrogens with one attached hydrogen (secondary N) is 1. The van der Waals surface area contributed by atoms with Crippen LogP contribution in [0.15, 0.2) is 29.8 Å². The predicted octanol–water partition coefficient (Wildman–Crippen LogP) is 3.88. The summed E-state index contributed by atoms with van der Waals surface area (Å²) >= 11 is 3.58. The van der Waals surface area contributed by atoms with E-state index in [1.165, 1.54) is 14.3 Å². The van der Waals surface area contributed by atoms with Gasteiger partial charge in [0.1, 0.15) is 0 Å². The first kappa shape index (κ1) is 14.7. The summed E-state index contributed by atoms with van der Waals surface area (Å²) in [6.45, 7) is 4.36. The Kier molecular flexibility index (Phi) is 4.40. The number of nitrogens with zero attached hydrogens (tertiary/aromatic N) is 2. The highest BCUT2D eigenvalue weighted by Crippen LogP contribution is 2.34. The van der Waals surface area contributed by atoms with Gasteiger partial charge in [0.05, 0.1) is 11.7 Å². The molecule has 112 valence electrons. The average molecular weight is 320 g/mol. The van der Waals surface area contributed by atoms with Gasteiger partial charge in [0.15, 0.2) is 0 Å².